The molecule has 0 aliphatic carbocycles. The molecule has 100 valence electrons. The van der Waals surface area contributed by atoms with E-state index in [0.29, 0.717) is 9.13 Å². The number of phenolic OH excluding ortho intramolecular Hbond substituents is 1. The molecule has 19 heavy (non-hydrogen) atoms. The SMILES string of the molecule is COCCOC(=O)/C(C#N)=C/c1ccc(O)c(I)c1. The van der Waals surface area contributed by atoms with Gasteiger partial charge in [0.15, 0.2) is 0 Å². The number of halogens is 1. The minimum atomic E-state index is -0.692. The number of hydrogen-bond acceptors (Lipinski definition) is 5. The van der Waals surface area contributed by atoms with Crippen molar-refractivity contribution in [3.05, 3.63) is 32.9 Å². The third kappa shape index (κ3) is 4.89. The second kappa shape index (κ2) is 7.76. The van der Waals surface area contributed by atoms with E-state index in [2.05, 4.69) is 0 Å². The van der Waals surface area contributed by atoms with Crippen molar-refractivity contribution >= 4 is 34.6 Å². The second-order valence-corrected chi connectivity index (χ2v) is 4.67. The maximum absolute atomic E-state index is 11.6. The van der Waals surface area contributed by atoms with Crippen molar-refractivity contribution in [1.82, 2.24) is 0 Å². The molecule has 0 heterocycles. The van der Waals surface area contributed by atoms with E-state index in [0.717, 1.165) is 0 Å². The summed E-state index contributed by atoms with van der Waals surface area (Å²) in [4.78, 5) is 11.6. The van der Waals surface area contributed by atoms with Crippen LogP contribution in [0.25, 0.3) is 6.08 Å². The first kappa shape index (κ1) is 15.5. The second-order valence-electron chi connectivity index (χ2n) is 3.51. The Labute approximate surface area is 124 Å². The van der Waals surface area contributed by atoms with Gasteiger partial charge in [-0.05, 0) is 46.4 Å². The first-order chi connectivity index (χ1) is 9.08. The number of methoxy groups -OCH3 is 1. The van der Waals surface area contributed by atoms with Crippen LogP contribution in [-0.4, -0.2) is 31.4 Å². The maximum atomic E-state index is 11.6. The van der Waals surface area contributed by atoms with Crippen molar-refractivity contribution in [2.24, 2.45) is 0 Å². The lowest BCUT2D eigenvalue weighted by molar-refractivity contribution is -0.139. The topological polar surface area (TPSA) is 79.5 Å². The Balaban J connectivity index is 2.84. The summed E-state index contributed by atoms with van der Waals surface area (Å²) in [6.45, 7) is 0.378. The van der Waals surface area contributed by atoms with Crippen molar-refractivity contribution in [3.8, 4) is 11.8 Å². The zero-order chi connectivity index (χ0) is 14.3. The smallest absolute Gasteiger partial charge is 0.348 e. The van der Waals surface area contributed by atoms with E-state index in [9.17, 15) is 9.90 Å². The van der Waals surface area contributed by atoms with Gasteiger partial charge in [-0.25, -0.2) is 4.79 Å². The summed E-state index contributed by atoms with van der Waals surface area (Å²) in [5.41, 5.74) is 0.542. The standard InChI is InChI=1S/C13H12INO4/c1-18-4-5-19-13(17)10(8-15)6-9-2-3-12(16)11(14)7-9/h2-3,6-7,16H,4-5H2,1H3/b10-6+. The summed E-state index contributed by atoms with van der Waals surface area (Å²) in [7, 11) is 1.49. The molecule has 5 nitrogen and oxygen atoms in total. The van der Waals surface area contributed by atoms with Gasteiger partial charge in [-0.3, -0.25) is 0 Å². The number of nitriles is 1. The number of nitrogens with zero attached hydrogens (tertiary/aromatic N) is 1. The molecule has 1 rings (SSSR count). The molecule has 1 aromatic carbocycles. The van der Waals surface area contributed by atoms with Gasteiger partial charge in [-0.15, -0.1) is 0 Å². The minimum absolute atomic E-state index is 0.0987. The lowest BCUT2D eigenvalue weighted by atomic mass is 10.1. The maximum Gasteiger partial charge on any atom is 0.348 e. The van der Waals surface area contributed by atoms with E-state index >= 15 is 0 Å². The highest BCUT2D eigenvalue weighted by Crippen LogP contribution is 2.21. The largest absolute Gasteiger partial charge is 0.507 e. The van der Waals surface area contributed by atoms with Gasteiger partial charge >= 0.3 is 5.97 Å². The first-order valence-electron chi connectivity index (χ1n) is 5.35. The number of esters is 1. The average molecular weight is 373 g/mol. The molecule has 1 N–H and O–H groups in total. The average Bonchev–Trinajstić information content (AvgIpc) is 2.40. The Morgan fingerprint density at radius 3 is 2.84 bits per heavy atom. The zero-order valence-electron chi connectivity index (χ0n) is 10.2. The molecular formula is C13H12INO4. The van der Waals surface area contributed by atoms with Crippen molar-refractivity contribution in [1.29, 1.82) is 5.26 Å². The van der Waals surface area contributed by atoms with Crippen LogP contribution in [0.5, 0.6) is 5.75 Å². The van der Waals surface area contributed by atoms with E-state index in [1.807, 2.05) is 22.6 Å². The van der Waals surface area contributed by atoms with Crippen molar-refractivity contribution < 1.29 is 19.4 Å². The van der Waals surface area contributed by atoms with Crippen LogP contribution in [0, 0.1) is 14.9 Å². The number of hydrogen-bond donors (Lipinski definition) is 1. The predicted octanol–water partition coefficient (Wildman–Crippen LogP) is 2.09. The summed E-state index contributed by atoms with van der Waals surface area (Å²) in [5.74, 6) is -0.540. The highest BCUT2D eigenvalue weighted by atomic mass is 127. The Morgan fingerprint density at radius 2 is 2.26 bits per heavy atom. The van der Waals surface area contributed by atoms with E-state index in [1.54, 1.807) is 18.2 Å². The van der Waals surface area contributed by atoms with Crippen LogP contribution in [0.15, 0.2) is 23.8 Å². The zero-order valence-corrected chi connectivity index (χ0v) is 12.4. The Hall–Kier alpha value is -1.59. The van der Waals surface area contributed by atoms with E-state index in [1.165, 1.54) is 19.3 Å². The van der Waals surface area contributed by atoms with Crippen LogP contribution in [0.1, 0.15) is 5.56 Å². The number of ether oxygens (including phenoxy) is 2. The fourth-order valence-electron chi connectivity index (χ4n) is 1.21. The minimum Gasteiger partial charge on any atom is -0.507 e. The lowest BCUT2D eigenvalue weighted by Crippen LogP contribution is -2.11. The van der Waals surface area contributed by atoms with Crippen molar-refractivity contribution in [2.45, 2.75) is 0 Å². The quantitative estimate of drug-likeness (QED) is 0.281. The van der Waals surface area contributed by atoms with E-state index in [4.69, 9.17) is 14.7 Å². The van der Waals surface area contributed by atoms with Gasteiger partial charge < -0.3 is 14.6 Å². The predicted molar refractivity (Wildman–Crippen MR) is 77.2 cm³/mol. The Kier molecular flexibility index (Phi) is 6.32. The molecule has 0 radical (unpaired) electrons. The van der Waals surface area contributed by atoms with Gasteiger partial charge in [0.1, 0.15) is 24.0 Å². The molecule has 0 aromatic heterocycles. The first-order valence-corrected chi connectivity index (χ1v) is 6.42. The molecule has 0 saturated carbocycles. The number of rotatable bonds is 5. The summed E-state index contributed by atoms with van der Waals surface area (Å²) in [6, 6.07) is 6.56. The van der Waals surface area contributed by atoms with Gasteiger partial charge in [0.25, 0.3) is 0 Å². The summed E-state index contributed by atoms with van der Waals surface area (Å²) in [6.07, 6.45) is 1.41. The molecule has 1 aromatic rings. The molecule has 0 fully saturated rings. The summed E-state index contributed by atoms with van der Waals surface area (Å²) in [5, 5.41) is 18.3. The third-order valence-corrected chi connectivity index (χ3v) is 3.01. The van der Waals surface area contributed by atoms with Crippen LogP contribution < -0.4 is 0 Å². The highest BCUT2D eigenvalue weighted by Gasteiger charge is 2.10. The Bertz CT molecular complexity index is 534. The van der Waals surface area contributed by atoms with Crippen LogP contribution in [0.3, 0.4) is 0 Å². The van der Waals surface area contributed by atoms with Crippen LogP contribution in [0.4, 0.5) is 0 Å². The van der Waals surface area contributed by atoms with Gasteiger partial charge in [0.2, 0.25) is 0 Å². The number of aromatic hydroxyl groups is 1. The summed E-state index contributed by atoms with van der Waals surface area (Å²) < 4.78 is 10.2. The molecule has 0 aliphatic heterocycles. The van der Waals surface area contributed by atoms with E-state index in [-0.39, 0.29) is 24.5 Å². The molecule has 0 atom stereocenters. The number of phenols is 1. The van der Waals surface area contributed by atoms with Crippen LogP contribution in [-0.2, 0) is 14.3 Å². The monoisotopic (exact) mass is 373 g/mol. The van der Waals surface area contributed by atoms with Crippen molar-refractivity contribution in [3.63, 3.8) is 0 Å². The lowest BCUT2D eigenvalue weighted by Gasteiger charge is -2.03. The molecule has 0 spiro atoms. The third-order valence-electron chi connectivity index (χ3n) is 2.14. The highest BCUT2D eigenvalue weighted by molar-refractivity contribution is 14.1. The molecule has 0 bridgehead atoms. The molecule has 0 aliphatic rings. The normalized spacial score (nSPS) is 10.9. The molecule has 0 saturated heterocycles. The van der Waals surface area contributed by atoms with E-state index < -0.39 is 5.97 Å². The van der Waals surface area contributed by atoms with Crippen molar-refractivity contribution in [2.75, 3.05) is 20.3 Å². The van der Waals surface area contributed by atoms with Gasteiger partial charge in [0, 0.05) is 7.11 Å². The number of carbonyl (C=O) groups is 1. The summed E-state index contributed by atoms with van der Waals surface area (Å²) >= 11 is 1.96. The van der Waals surface area contributed by atoms with Crippen LogP contribution >= 0.6 is 22.6 Å². The van der Waals surface area contributed by atoms with Crippen LogP contribution in [0.2, 0.25) is 0 Å². The number of benzene rings is 1. The fraction of sp³-hybridized carbons (Fsp3) is 0.231. The fourth-order valence-corrected chi connectivity index (χ4v) is 1.75. The Morgan fingerprint density at radius 1 is 1.53 bits per heavy atom. The number of carbonyl (C=O) groups excluding carboxylic acids is 1. The molecule has 6 heteroatoms. The van der Waals surface area contributed by atoms with Gasteiger partial charge in [0.05, 0.1) is 10.2 Å². The van der Waals surface area contributed by atoms with Gasteiger partial charge in [-0.2, -0.15) is 5.26 Å². The van der Waals surface area contributed by atoms with Gasteiger partial charge in [-0.1, -0.05) is 6.07 Å². The molecular weight excluding hydrogens is 361 g/mol. The molecule has 0 amide bonds. The molecule has 0 unspecified atom stereocenters.